The Balaban J connectivity index is 2.23. The lowest BCUT2D eigenvalue weighted by Gasteiger charge is -2.21. The topological polar surface area (TPSA) is 47.9 Å². The Morgan fingerprint density at radius 1 is 0.875 bits per heavy atom. The zero-order valence-corrected chi connectivity index (χ0v) is 14.8. The van der Waals surface area contributed by atoms with E-state index < -0.39 is 6.10 Å². The molecule has 4 heteroatoms. The van der Waals surface area contributed by atoms with Crippen molar-refractivity contribution in [3.8, 4) is 17.2 Å². The van der Waals surface area contributed by atoms with Gasteiger partial charge in [0.15, 0.2) is 11.5 Å². The van der Waals surface area contributed by atoms with Gasteiger partial charge in [-0.25, -0.2) is 0 Å². The Bertz CT molecular complexity index is 637. The fourth-order valence-electron chi connectivity index (χ4n) is 2.63. The first-order chi connectivity index (χ1) is 11.6. The maximum absolute atomic E-state index is 10.8. The average Bonchev–Trinajstić information content (AvgIpc) is 2.62. The zero-order chi connectivity index (χ0) is 17.5. The van der Waals surface area contributed by atoms with Gasteiger partial charge in [-0.2, -0.15) is 0 Å². The minimum Gasteiger partial charge on any atom is -0.497 e. The highest BCUT2D eigenvalue weighted by Gasteiger charge is 2.20. The van der Waals surface area contributed by atoms with E-state index in [4.69, 9.17) is 14.2 Å². The highest BCUT2D eigenvalue weighted by molar-refractivity contribution is 5.44. The largest absolute Gasteiger partial charge is 0.497 e. The summed E-state index contributed by atoms with van der Waals surface area (Å²) in [6.45, 7) is 6.99. The van der Waals surface area contributed by atoms with Gasteiger partial charge in [0.05, 0.1) is 26.4 Å². The van der Waals surface area contributed by atoms with Gasteiger partial charge in [-0.1, -0.05) is 25.1 Å². The molecule has 0 aliphatic carbocycles. The fraction of sp³-hybridized carbons (Fsp3) is 0.400. The van der Waals surface area contributed by atoms with Gasteiger partial charge < -0.3 is 19.3 Å². The van der Waals surface area contributed by atoms with Gasteiger partial charge in [-0.15, -0.1) is 0 Å². The Labute approximate surface area is 144 Å². The summed E-state index contributed by atoms with van der Waals surface area (Å²) >= 11 is 0. The Morgan fingerprint density at radius 2 is 1.46 bits per heavy atom. The van der Waals surface area contributed by atoms with E-state index in [1.54, 1.807) is 7.11 Å². The maximum atomic E-state index is 10.8. The van der Waals surface area contributed by atoms with E-state index in [1.807, 2.05) is 63.2 Å². The van der Waals surface area contributed by atoms with Gasteiger partial charge in [0, 0.05) is 5.92 Å². The second-order valence-corrected chi connectivity index (χ2v) is 5.58. The molecule has 0 radical (unpaired) electrons. The van der Waals surface area contributed by atoms with Crippen LogP contribution in [0.2, 0.25) is 0 Å². The van der Waals surface area contributed by atoms with E-state index in [9.17, 15) is 5.11 Å². The SMILES string of the molecule is CCOc1ccc(C(O)C(C)c2ccc(OC)cc2)cc1OCC. The number of rotatable bonds is 8. The Kier molecular flexibility index (Phi) is 6.50. The smallest absolute Gasteiger partial charge is 0.161 e. The second kappa shape index (κ2) is 8.60. The van der Waals surface area contributed by atoms with Gasteiger partial charge in [0.25, 0.3) is 0 Å². The molecule has 2 aromatic rings. The van der Waals surface area contributed by atoms with Crippen molar-refractivity contribution in [3.05, 3.63) is 53.6 Å². The third kappa shape index (κ3) is 4.20. The Morgan fingerprint density at radius 3 is 2.04 bits per heavy atom. The number of hydrogen-bond acceptors (Lipinski definition) is 4. The predicted molar refractivity (Wildman–Crippen MR) is 95.1 cm³/mol. The quantitative estimate of drug-likeness (QED) is 0.782. The molecule has 0 spiro atoms. The molecule has 0 aliphatic rings. The van der Waals surface area contributed by atoms with Gasteiger partial charge in [-0.05, 0) is 49.2 Å². The molecular formula is C20H26O4. The maximum Gasteiger partial charge on any atom is 0.161 e. The molecule has 0 bridgehead atoms. The lowest BCUT2D eigenvalue weighted by molar-refractivity contribution is 0.151. The number of aliphatic hydroxyl groups is 1. The number of methoxy groups -OCH3 is 1. The average molecular weight is 330 g/mol. The standard InChI is InChI=1S/C20H26O4/c1-5-23-18-12-9-16(13-19(18)24-6-2)20(21)14(3)15-7-10-17(22-4)11-8-15/h7-14,20-21H,5-6H2,1-4H3. The van der Waals surface area contributed by atoms with E-state index >= 15 is 0 Å². The van der Waals surface area contributed by atoms with Crippen LogP contribution in [0.25, 0.3) is 0 Å². The number of aliphatic hydroxyl groups excluding tert-OH is 1. The predicted octanol–water partition coefficient (Wildman–Crippen LogP) is 4.33. The zero-order valence-electron chi connectivity index (χ0n) is 14.8. The molecule has 0 saturated carbocycles. The van der Waals surface area contributed by atoms with Gasteiger partial charge >= 0.3 is 0 Å². The lowest BCUT2D eigenvalue weighted by atomic mass is 9.90. The minimum absolute atomic E-state index is 0.0525. The third-order valence-corrected chi connectivity index (χ3v) is 4.02. The van der Waals surface area contributed by atoms with Gasteiger partial charge in [0.1, 0.15) is 5.75 Å². The molecule has 2 aromatic carbocycles. The van der Waals surface area contributed by atoms with E-state index in [0.717, 1.165) is 16.9 Å². The summed E-state index contributed by atoms with van der Waals surface area (Å²) in [5.74, 6) is 2.12. The molecule has 0 aromatic heterocycles. The van der Waals surface area contributed by atoms with Crippen LogP contribution in [0.15, 0.2) is 42.5 Å². The summed E-state index contributed by atoms with van der Waals surface area (Å²) in [5.41, 5.74) is 1.86. The Hall–Kier alpha value is -2.20. The molecule has 0 heterocycles. The van der Waals surface area contributed by atoms with Crippen LogP contribution in [0.1, 0.15) is 43.9 Å². The van der Waals surface area contributed by atoms with Crippen LogP contribution in [0.3, 0.4) is 0 Å². The lowest BCUT2D eigenvalue weighted by Crippen LogP contribution is -2.08. The highest BCUT2D eigenvalue weighted by atomic mass is 16.5. The molecule has 24 heavy (non-hydrogen) atoms. The molecule has 2 unspecified atom stereocenters. The van der Waals surface area contributed by atoms with Crippen molar-refractivity contribution < 1.29 is 19.3 Å². The minimum atomic E-state index is -0.631. The first-order valence-corrected chi connectivity index (χ1v) is 8.32. The van der Waals surface area contributed by atoms with Crippen LogP contribution in [-0.4, -0.2) is 25.4 Å². The number of hydrogen-bond donors (Lipinski definition) is 1. The molecule has 0 aliphatic heterocycles. The molecule has 0 fully saturated rings. The second-order valence-electron chi connectivity index (χ2n) is 5.58. The molecule has 0 saturated heterocycles. The molecule has 0 amide bonds. The summed E-state index contributed by atoms with van der Waals surface area (Å²) in [4.78, 5) is 0. The fourth-order valence-corrected chi connectivity index (χ4v) is 2.63. The van der Waals surface area contributed by atoms with Crippen LogP contribution in [0.4, 0.5) is 0 Å². The van der Waals surface area contributed by atoms with Crippen molar-refractivity contribution in [3.63, 3.8) is 0 Å². The summed E-state index contributed by atoms with van der Waals surface area (Å²) in [6.07, 6.45) is -0.631. The van der Waals surface area contributed by atoms with Crippen molar-refractivity contribution in [1.82, 2.24) is 0 Å². The van der Waals surface area contributed by atoms with Gasteiger partial charge in [-0.3, -0.25) is 0 Å². The normalized spacial score (nSPS) is 13.2. The molecule has 2 rings (SSSR count). The summed E-state index contributed by atoms with van der Waals surface area (Å²) in [5, 5.41) is 10.8. The van der Waals surface area contributed by atoms with Crippen LogP contribution in [-0.2, 0) is 0 Å². The van der Waals surface area contributed by atoms with E-state index in [0.29, 0.717) is 24.7 Å². The summed E-state index contributed by atoms with van der Waals surface area (Å²) in [7, 11) is 1.64. The van der Waals surface area contributed by atoms with E-state index in [-0.39, 0.29) is 5.92 Å². The van der Waals surface area contributed by atoms with Crippen LogP contribution in [0, 0.1) is 0 Å². The van der Waals surface area contributed by atoms with E-state index in [2.05, 4.69) is 0 Å². The molecule has 2 atom stereocenters. The summed E-state index contributed by atoms with van der Waals surface area (Å²) in [6, 6.07) is 13.4. The van der Waals surface area contributed by atoms with Crippen molar-refractivity contribution in [2.75, 3.05) is 20.3 Å². The van der Waals surface area contributed by atoms with Crippen molar-refractivity contribution in [2.24, 2.45) is 0 Å². The first kappa shape index (κ1) is 18.1. The van der Waals surface area contributed by atoms with Crippen molar-refractivity contribution in [1.29, 1.82) is 0 Å². The van der Waals surface area contributed by atoms with Crippen molar-refractivity contribution >= 4 is 0 Å². The molecule has 4 nitrogen and oxygen atoms in total. The van der Waals surface area contributed by atoms with Crippen molar-refractivity contribution in [2.45, 2.75) is 32.8 Å². The number of benzene rings is 2. The van der Waals surface area contributed by atoms with Gasteiger partial charge in [0.2, 0.25) is 0 Å². The molecular weight excluding hydrogens is 304 g/mol. The monoisotopic (exact) mass is 330 g/mol. The molecule has 1 N–H and O–H groups in total. The first-order valence-electron chi connectivity index (χ1n) is 8.32. The summed E-state index contributed by atoms with van der Waals surface area (Å²) < 4.78 is 16.4. The highest BCUT2D eigenvalue weighted by Crippen LogP contribution is 2.36. The van der Waals surface area contributed by atoms with Crippen LogP contribution in [0.5, 0.6) is 17.2 Å². The van der Waals surface area contributed by atoms with Crippen LogP contribution >= 0.6 is 0 Å². The number of ether oxygens (including phenoxy) is 3. The molecule has 130 valence electrons. The third-order valence-electron chi connectivity index (χ3n) is 4.02. The van der Waals surface area contributed by atoms with E-state index in [1.165, 1.54) is 0 Å². The van der Waals surface area contributed by atoms with Crippen LogP contribution < -0.4 is 14.2 Å².